The number of aliphatic imine (C=N–C) groups is 1. The van der Waals surface area contributed by atoms with Crippen LogP contribution in [0.25, 0.3) is 0 Å². The molecule has 3 aliphatic rings. The molecule has 0 radical (unpaired) electrons. The van der Waals surface area contributed by atoms with Crippen molar-refractivity contribution in [3.63, 3.8) is 0 Å². The monoisotopic (exact) mass is 381 g/mol. The second-order valence-electron chi connectivity index (χ2n) is 7.26. The van der Waals surface area contributed by atoms with Crippen LogP contribution in [0.15, 0.2) is 16.3 Å². The van der Waals surface area contributed by atoms with Gasteiger partial charge < -0.3 is 29.9 Å². The van der Waals surface area contributed by atoms with Gasteiger partial charge in [-0.15, -0.1) is 0 Å². The average molecular weight is 381 g/mol. The van der Waals surface area contributed by atoms with Gasteiger partial charge in [-0.25, -0.2) is 4.79 Å². The van der Waals surface area contributed by atoms with E-state index >= 15 is 0 Å². The lowest BCUT2D eigenvalue weighted by molar-refractivity contribution is -0.161. The molecule has 3 rings (SSSR count). The molecule has 150 valence electrons. The number of likely N-dealkylation sites (tertiary alicyclic amines) is 1. The highest BCUT2D eigenvalue weighted by Crippen LogP contribution is 2.47. The molecule has 3 aliphatic heterocycles. The molecule has 0 aromatic rings. The van der Waals surface area contributed by atoms with Crippen LogP contribution in [0.1, 0.15) is 19.8 Å². The van der Waals surface area contributed by atoms with E-state index in [1.807, 2.05) is 4.90 Å². The Balaban J connectivity index is 1.61. The Morgan fingerprint density at radius 3 is 2.89 bits per heavy atom. The summed E-state index contributed by atoms with van der Waals surface area (Å²) in [7, 11) is 0. The molecule has 0 saturated carbocycles. The number of aliphatic hydroxyl groups is 2. The quantitative estimate of drug-likeness (QED) is 0.209. The minimum Gasteiger partial charge on any atom is -0.477 e. The summed E-state index contributed by atoms with van der Waals surface area (Å²) < 4.78 is 5.15. The molecule has 9 heteroatoms. The average Bonchev–Trinajstić information content (AvgIpc) is 3.20. The molecule has 2 fully saturated rings. The summed E-state index contributed by atoms with van der Waals surface area (Å²) in [5.41, 5.74) is 0.925. The maximum absolute atomic E-state index is 12.3. The number of nitrogens with zero attached hydrogens (tertiary/aromatic N) is 3. The summed E-state index contributed by atoms with van der Waals surface area (Å²) in [5, 5.41) is 28.1. The zero-order valence-electron chi connectivity index (χ0n) is 15.5. The molecule has 3 N–H and O–H groups in total. The lowest BCUT2D eigenvalue weighted by Gasteiger charge is -2.44. The van der Waals surface area contributed by atoms with Gasteiger partial charge in [0.2, 0.25) is 5.91 Å². The van der Waals surface area contributed by atoms with Crippen LogP contribution in [-0.4, -0.2) is 94.9 Å². The first kappa shape index (κ1) is 19.8. The van der Waals surface area contributed by atoms with E-state index in [0.29, 0.717) is 32.7 Å². The third-order valence-electron chi connectivity index (χ3n) is 5.52. The third-order valence-corrected chi connectivity index (χ3v) is 5.52. The first-order valence-electron chi connectivity index (χ1n) is 9.35. The predicted molar refractivity (Wildman–Crippen MR) is 96.0 cm³/mol. The Labute approximate surface area is 157 Å². The minimum absolute atomic E-state index is 0.00499. The lowest BCUT2D eigenvalue weighted by atomic mass is 9.82. The topological polar surface area (TPSA) is 123 Å². The number of fused-ring (bicyclic) bond motifs is 1. The smallest absolute Gasteiger partial charge is 0.352 e. The fourth-order valence-corrected chi connectivity index (χ4v) is 4.30. The van der Waals surface area contributed by atoms with Gasteiger partial charge >= 0.3 is 5.97 Å². The van der Waals surface area contributed by atoms with E-state index in [4.69, 9.17) is 9.84 Å². The number of hydrogen-bond donors (Lipinski definition) is 3. The van der Waals surface area contributed by atoms with Crippen molar-refractivity contribution in [1.82, 2.24) is 9.80 Å². The fraction of sp³-hybridized carbons (Fsp3) is 0.722. The number of carbonyl (C=O) groups is 2. The van der Waals surface area contributed by atoms with Crippen molar-refractivity contribution in [1.29, 1.82) is 0 Å². The summed E-state index contributed by atoms with van der Waals surface area (Å²) >= 11 is 0. The second kappa shape index (κ2) is 8.37. The lowest BCUT2D eigenvalue weighted by Crippen LogP contribution is -2.61. The van der Waals surface area contributed by atoms with Gasteiger partial charge in [-0.3, -0.25) is 9.79 Å². The van der Waals surface area contributed by atoms with Crippen LogP contribution in [-0.2, 0) is 14.3 Å². The van der Waals surface area contributed by atoms with Crippen LogP contribution < -0.4 is 0 Å². The zero-order chi connectivity index (χ0) is 19.6. The van der Waals surface area contributed by atoms with Crippen LogP contribution >= 0.6 is 0 Å². The van der Waals surface area contributed by atoms with Gasteiger partial charge in [-0.2, -0.15) is 0 Å². The molecule has 1 amide bonds. The van der Waals surface area contributed by atoms with Gasteiger partial charge in [0.05, 0.1) is 50.8 Å². The standard InChI is InChI=1S/C18H27N3O6/c1-11(23)15-14-8-13(16(18(25)26)21(14)17(15)24)12-2-4-20(9-12)10-19-3-6-27-7-5-22/h10-12,14-15,22-23H,2-9H2,1H3,(H,25,26)/t11-,12-,14-,15-/m1/s1. The van der Waals surface area contributed by atoms with E-state index < -0.39 is 18.0 Å². The highest BCUT2D eigenvalue weighted by molar-refractivity contribution is 5.99. The number of aliphatic hydroxyl groups excluding tert-OH is 2. The van der Waals surface area contributed by atoms with Gasteiger partial charge in [-0.05, 0) is 25.3 Å². The SMILES string of the molecule is C[C@@H](O)[C@H]1C(=O)N2C(C(=O)O)=C([C@@H]3CCN(C=NCCOCCO)C3)C[C@H]12. The van der Waals surface area contributed by atoms with Crippen molar-refractivity contribution >= 4 is 18.2 Å². The number of carbonyl (C=O) groups excluding carboxylic acids is 1. The molecule has 9 nitrogen and oxygen atoms in total. The Morgan fingerprint density at radius 2 is 2.22 bits per heavy atom. The van der Waals surface area contributed by atoms with Gasteiger partial charge in [0, 0.05) is 19.0 Å². The predicted octanol–water partition coefficient (Wildman–Crippen LogP) is -0.704. The Bertz CT molecular complexity index is 647. The maximum Gasteiger partial charge on any atom is 0.352 e. The number of amides is 1. The van der Waals surface area contributed by atoms with E-state index in [1.165, 1.54) is 4.90 Å². The zero-order valence-corrected chi connectivity index (χ0v) is 15.5. The molecular weight excluding hydrogens is 354 g/mol. The van der Waals surface area contributed by atoms with E-state index in [9.17, 15) is 19.8 Å². The first-order chi connectivity index (χ1) is 13.0. The molecule has 3 heterocycles. The molecule has 4 atom stereocenters. The van der Waals surface area contributed by atoms with E-state index in [1.54, 1.807) is 13.3 Å². The number of rotatable bonds is 9. The van der Waals surface area contributed by atoms with Crippen molar-refractivity contribution in [2.24, 2.45) is 16.8 Å². The van der Waals surface area contributed by atoms with Crippen molar-refractivity contribution in [3.8, 4) is 0 Å². The minimum atomic E-state index is -1.07. The summed E-state index contributed by atoms with van der Waals surface area (Å²) in [6.45, 7) is 4.27. The molecular formula is C18H27N3O6. The summed E-state index contributed by atoms with van der Waals surface area (Å²) in [4.78, 5) is 31.8. The Hall–Kier alpha value is -1.97. The molecule has 0 unspecified atom stereocenters. The van der Waals surface area contributed by atoms with Crippen molar-refractivity contribution in [2.75, 3.05) is 39.5 Å². The second-order valence-corrected chi connectivity index (χ2v) is 7.26. The fourth-order valence-electron chi connectivity index (χ4n) is 4.30. The van der Waals surface area contributed by atoms with Crippen molar-refractivity contribution in [2.45, 2.75) is 31.9 Å². The summed E-state index contributed by atoms with van der Waals surface area (Å²) in [6.07, 6.45) is 2.32. The molecule has 27 heavy (non-hydrogen) atoms. The van der Waals surface area contributed by atoms with Crippen LogP contribution in [0.4, 0.5) is 0 Å². The number of aliphatic carboxylic acids is 1. The maximum atomic E-state index is 12.3. The third kappa shape index (κ3) is 3.85. The number of hydrogen-bond acceptors (Lipinski definition) is 6. The van der Waals surface area contributed by atoms with Gasteiger partial charge in [0.25, 0.3) is 0 Å². The highest BCUT2D eigenvalue weighted by Gasteiger charge is 2.57. The molecule has 0 bridgehead atoms. The van der Waals surface area contributed by atoms with Gasteiger partial charge in [0.1, 0.15) is 5.70 Å². The first-order valence-corrected chi connectivity index (χ1v) is 9.35. The van der Waals surface area contributed by atoms with Crippen molar-refractivity contribution < 1.29 is 29.6 Å². The molecule has 0 aromatic heterocycles. The summed E-state index contributed by atoms with van der Waals surface area (Å²) in [6, 6.07) is -0.231. The number of carboxylic acid groups (broad SMARTS) is 1. The van der Waals surface area contributed by atoms with Crippen LogP contribution in [0.2, 0.25) is 0 Å². The normalized spacial score (nSPS) is 28.9. The molecule has 0 aromatic carbocycles. The number of carboxylic acids is 1. The molecule has 2 saturated heterocycles. The van der Waals surface area contributed by atoms with Crippen LogP contribution in [0.3, 0.4) is 0 Å². The largest absolute Gasteiger partial charge is 0.477 e. The Kier molecular flexibility index (Phi) is 6.13. The molecule has 0 aliphatic carbocycles. The van der Waals surface area contributed by atoms with Gasteiger partial charge in [0.15, 0.2) is 0 Å². The van der Waals surface area contributed by atoms with E-state index in [2.05, 4.69) is 4.99 Å². The summed E-state index contributed by atoms with van der Waals surface area (Å²) in [5.74, 6) is -1.80. The number of ether oxygens (including phenoxy) is 1. The number of β-lactam (4-membered cyclic amide) rings is 1. The Morgan fingerprint density at radius 1 is 1.44 bits per heavy atom. The van der Waals surface area contributed by atoms with Crippen LogP contribution in [0.5, 0.6) is 0 Å². The highest BCUT2D eigenvalue weighted by atomic mass is 16.5. The van der Waals surface area contributed by atoms with E-state index in [-0.39, 0.29) is 30.2 Å². The molecule has 0 spiro atoms. The van der Waals surface area contributed by atoms with Crippen LogP contribution in [0, 0.1) is 11.8 Å². The van der Waals surface area contributed by atoms with Crippen molar-refractivity contribution in [3.05, 3.63) is 11.3 Å². The van der Waals surface area contributed by atoms with E-state index in [0.717, 1.165) is 18.5 Å². The van der Waals surface area contributed by atoms with Gasteiger partial charge in [-0.1, -0.05) is 0 Å².